The number of methoxy groups -OCH3 is 1. The van der Waals surface area contributed by atoms with E-state index in [2.05, 4.69) is 10.2 Å². The van der Waals surface area contributed by atoms with Crippen LogP contribution in [0.15, 0.2) is 72.3 Å². The second kappa shape index (κ2) is 10.6. The molecule has 1 atom stereocenters. The maximum atomic E-state index is 13.3. The summed E-state index contributed by atoms with van der Waals surface area (Å²) in [6.07, 6.45) is 0. The molecule has 4 aromatic rings. The normalized spacial score (nSPS) is 16.5. The van der Waals surface area contributed by atoms with Crippen LogP contribution in [0.25, 0.3) is 5.76 Å². The molecule has 2 N–H and O–H groups in total. The number of rotatable bonds is 7. The molecule has 0 radical (unpaired) electrons. The molecule has 1 aromatic heterocycles. The van der Waals surface area contributed by atoms with Gasteiger partial charge in [0.1, 0.15) is 23.1 Å². The summed E-state index contributed by atoms with van der Waals surface area (Å²) in [7, 11) is 1.40. The van der Waals surface area contributed by atoms with Gasteiger partial charge in [-0.25, -0.2) is 0 Å². The minimum atomic E-state index is -1.02. The third kappa shape index (κ3) is 5.06. The fourth-order valence-electron chi connectivity index (χ4n) is 4.43. The van der Waals surface area contributed by atoms with Gasteiger partial charge in [-0.1, -0.05) is 47.2 Å². The van der Waals surface area contributed by atoms with Crippen LogP contribution >= 0.6 is 11.3 Å². The van der Waals surface area contributed by atoms with Gasteiger partial charge in [0.25, 0.3) is 5.78 Å². The molecule has 3 aromatic carbocycles. The number of aromatic nitrogens is 2. The van der Waals surface area contributed by atoms with Crippen LogP contribution in [0.5, 0.6) is 17.2 Å². The molecule has 1 saturated heterocycles. The highest BCUT2D eigenvalue weighted by atomic mass is 32.1. The Bertz CT molecular complexity index is 1590. The molecule has 9 nitrogen and oxygen atoms in total. The quantitative estimate of drug-likeness (QED) is 0.188. The van der Waals surface area contributed by atoms with Crippen molar-refractivity contribution in [3.05, 3.63) is 99.6 Å². The largest absolute Gasteiger partial charge is 0.507 e. The van der Waals surface area contributed by atoms with Crippen LogP contribution in [0.3, 0.4) is 0 Å². The zero-order valence-electron chi connectivity index (χ0n) is 21.4. The van der Waals surface area contributed by atoms with Gasteiger partial charge in [-0.2, -0.15) is 0 Å². The van der Waals surface area contributed by atoms with Crippen LogP contribution in [-0.2, 0) is 16.2 Å². The number of carbonyl (C=O) groups excluding carboxylic acids is 2. The van der Waals surface area contributed by atoms with Gasteiger partial charge in [-0.15, -0.1) is 10.2 Å². The van der Waals surface area contributed by atoms with Crippen molar-refractivity contribution in [3.63, 3.8) is 0 Å². The number of aliphatic hydroxyl groups is 1. The predicted octanol–water partition coefficient (Wildman–Crippen LogP) is 5.07. The lowest BCUT2D eigenvalue weighted by atomic mass is 9.95. The lowest BCUT2D eigenvalue weighted by molar-refractivity contribution is -0.132. The summed E-state index contributed by atoms with van der Waals surface area (Å²) in [5.41, 5.74) is 2.82. The highest BCUT2D eigenvalue weighted by molar-refractivity contribution is 7.15. The van der Waals surface area contributed by atoms with Crippen molar-refractivity contribution in [1.29, 1.82) is 0 Å². The monoisotopic (exact) mass is 543 g/mol. The van der Waals surface area contributed by atoms with E-state index in [-0.39, 0.29) is 28.0 Å². The van der Waals surface area contributed by atoms with E-state index in [9.17, 15) is 19.8 Å². The number of nitrogens with zero attached hydrogens (tertiary/aromatic N) is 3. The van der Waals surface area contributed by atoms with Crippen molar-refractivity contribution in [2.45, 2.75) is 26.5 Å². The SMILES string of the molecule is COc1cc([C@H]2C(=C(O)c3ccc(OCc4cccc(C)c4)cc3)C(=O)C(=O)N2c2nnc(C)s2)ccc1O. The van der Waals surface area contributed by atoms with Gasteiger partial charge < -0.3 is 19.7 Å². The van der Waals surface area contributed by atoms with Crippen LogP contribution in [0.4, 0.5) is 5.13 Å². The number of carbonyl (C=O) groups is 2. The van der Waals surface area contributed by atoms with E-state index in [0.29, 0.717) is 28.5 Å². The zero-order valence-corrected chi connectivity index (χ0v) is 22.2. The van der Waals surface area contributed by atoms with E-state index in [1.54, 1.807) is 37.3 Å². The average molecular weight is 544 g/mol. The van der Waals surface area contributed by atoms with E-state index < -0.39 is 17.7 Å². The number of amides is 1. The molecule has 39 heavy (non-hydrogen) atoms. The molecule has 2 heterocycles. The Morgan fingerprint density at radius 3 is 2.46 bits per heavy atom. The number of phenols is 1. The summed E-state index contributed by atoms with van der Waals surface area (Å²) < 4.78 is 11.1. The molecule has 0 aliphatic carbocycles. The molecule has 5 rings (SSSR count). The van der Waals surface area contributed by atoms with Crippen molar-refractivity contribution in [2.75, 3.05) is 12.0 Å². The van der Waals surface area contributed by atoms with E-state index in [0.717, 1.165) is 22.5 Å². The second-order valence-electron chi connectivity index (χ2n) is 9.01. The highest BCUT2D eigenvalue weighted by Crippen LogP contribution is 2.44. The van der Waals surface area contributed by atoms with Crippen molar-refractivity contribution in [1.82, 2.24) is 10.2 Å². The number of hydrogen-bond donors (Lipinski definition) is 2. The minimum Gasteiger partial charge on any atom is -0.507 e. The first-order chi connectivity index (χ1) is 18.8. The summed E-state index contributed by atoms with van der Waals surface area (Å²) >= 11 is 1.15. The van der Waals surface area contributed by atoms with Gasteiger partial charge in [-0.05, 0) is 61.4 Å². The van der Waals surface area contributed by atoms with Gasteiger partial charge in [0, 0.05) is 5.56 Å². The van der Waals surface area contributed by atoms with Crippen molar-refractivity contribution < 1.29 is 29.3 Å². The average Bonchev–Trinajstić information content (AvgIpc) is 3.47. The summed E-state index contributed by atoms with van der Waals surface area (Å²) in [4.78, 5) is 27.8. The van der Waals surface area contributed by atoms with Gasteiger partial charge in [0.05, 0.1) is 18.7 Å². The maximum absolute atomic E-state index is 13.3. The van der Waals surface area contributed by atoms with Crippen LogP contribution in [0.2, 0.25) is 0 Å². The fourth-order valence-corrected chi connectivity index (χ4v) is 5.14. The number of phenolic OH excluding ortho intramolecular Hbond substituents is 1. The zero-order chi connectivity index (χ0) is 27.7. The van der Waals surface area contributed by atoms with E-state index in [1.807, 2.05) is 31.2 Å². The Morgan fingerprint density at radius 2 is 1.79 bits per heavy atom. The summed E-state index contributed by atoms with van der Waals surface area (Å²) in [6.45, 7) is 4.12. The molecule has 1 fully saturated rings. The minimum absolute atomic E-state index is 0.105. The van der Waals surface area contributed by atoms with E-state index in [1.165, 1.54) is 24.1 Å². The number of benzene rings is 3. The number of aryl methyl sites for hydroxylation is 2. The van der Waals surface area contributed by atoms with E-state index in [4.69, 9.17) is 9.47 Å². The standard InChI is InChI=1S/C29H25N3O6S/c1-16-5-4-6-18(13-16)15-38-21-10-7-19(8-11-21)26(34)24-25(20-9-12-22(33)23(14-20)37-3)32(28(36)27(24)35)29-31-30-17(2)39-29/h4-14,25,33-34H,15H2,1-3H3/t25-/m0/s1. The Balaban J connectivity index is 1.53. The van der Waals surface area contributed by atoms with E-state index >= 15 is 0 Å². The summed E-state index contributed by atoms with van der Waals surface area (Å²) in [5, 5.41) is 30.3. The number of ether oxygens (including phenoxy) is 2. The second-order valence-corrected chi connectivity index (χ2v) is 10.2. The lowest BCUT2D eigenvalue weighted by Gasteiger charge is -2.23. The Labute approximate surface area is 228 Å². The molecular weight excluding hydrogens is 518 g/mol. The fraction of sp³-hybridized carbons (Fsp3) is 0.172. The number of hydrogen-bond acceptors (Lipinski definition) is 9. The molecule has 0 saturated carbocycles. The number of ketones is 1. The number of anilines is 1. The van der Waals surface area contributed by atoms with Crippen molar-refractivity contribution >= 4 is 33.9 Å². The third-order valence-electron chi connectivity index (χ3n) is 6.30. The van der Waals surface area contributed by atoms with Crippen LogP contribution in [-0.4, -0.2) is 39.2 Å². The molecular formula is C29H25N3O6S. The Morgan fingerprint density at radius 1 is 1.03 bits per heavy atom. The number of aliphatic hydroxyl groups excluding tert-OH is 1. The predicted molar refractivity (Wildman–Crippen MR) is 146 cm³/mol. The first kappa shape index (κ1) is 25.9. The van der Waals surface area contributed by atoms with Crippen LogP contribution < -0.4 is 14.4 Å². The molecule has 1 amide bonds. The first-order valence-corrected chi connectivity index (χ1v) is 12.8. The Kier molecular flexibility index (Phi) is 7.03. The first-order valence-electron chi connectivity index (χ1n) is 12.0. The number of Topliss-reactive ketones (excluding diaryl/α,β-unsaturated/α-hetero) is 1. The molecule has 0 spiro atoms. The highest BCUT2D eigenvalue weighted by Gasteiger charge is 2.48. The van der Waals surface area contributed by atoms with Crippen molar-refractivity contribution in [3.8, 4) is 17.2 Å². The molecule has 198 valence electrons. The smallest absolute Gasteiger partial charge is 0.301 e. The van der Waals surface area contributed by atoms with Gasteiger partial charge in [-0.3, -0.25) is 14.5 Å². The molecule has 1 aliphatic heterocycles. The molecule has 1 aliphatic rings. The van der Waals surface area contributed by atoms with Gasteiger partial charge >= 0.3 is 5.91 Å². The van der Waals surface area contributed by atoms with Crippen LogP contribution in [0, 0.1) is 13.8 Å². The van der Waals surface area contributed by atoms with Crippen molar-refractivity contribution in [2.24, 2.45) is 0 Å². The Hall–Kier alpha value is -4.70. The third-order valence-corrected chi connectivity index (χ3v) is 7.14. The van der Waals surface area contributed by atoms with Gasteiger partial charge in [0.15, 0.2) is 11.5 Å². The van der Waals surface area contributed by atoms with Gasteiger partial charge in [0.2, 0.25) is 5.13 Å². The number of aromatic hydroxyl groups is 1. The lowest BCUT2D eigenvalue weighted by Crippen LogP contribution is -2.29. The summed E-state index contributed by atoms with van der Waals surface area (Å²) in [5.74, 6) is -1.43. The molecule has 10 heteroatoms. The summed E-state index contributed by atoms with van der Waals surface area (Å²) in [6, 6.07) is 18.1. The topological polar surface area (TPSA) is 122 Å². The van der Waals surface area contributed by atoms with Crippen LogP contribution in [0.1, 0.15) is 33.3 Å². The maximum Gasteiger partial charge on any atom is 0.301 e. The molecule has 0 unspecified atom stereocenters. The molecule has 0 bridgehead atoms.